The Bertz CT molecular complexity index is 3880. The Labute approximate surface area is 388 Å². The van der Waals surface area contributed by atoms with Crippen LogP contribution in [0.2, 0.25) is 0 Å². The first kappa shape index (κ1) is 38.5. The third kappa shape index (κ3) is 6.76. The first-order chi connectivity index (χ1) is 33.2. The number of nitrogens with zero attached hydrogens (tertiary/aromatic N) is 2. The van der Waals surface area contributed by atoms with E-state index in [0.29, 0.717) is 0 Å². The van der Waals surface area contributed by atoms with Crippen LogP contribution in [0.15, 0.2) is 259 Å². The fourth-order valence-electron chi connectivity index (χ4n) is 10.1. The maximum atomic E-state index is 6.26. The lowest BCUT2D eigenvalue weighted by Gasteiger charge is -2.26. The summed E-state index contributed by atoms with van der Waals surface area (Å²) in [5.74, 6) is 0. The number of para-hydroxylation sites is 3. The monoisotopic (exact) mass is 854 g/mol. The molecule has 11 aromatic carbocycles. The van der Waals surface area contributed by atoms with Gasteiger partial charge in [-0.3, -0.25) is 0 Å². The van der Waals surface area contributed by atoms with Crippen LogP contribution in [0.5, 0.6) is 0 Å². The lowest BCUT2D eigenvalue weighted by molar-refractivity contribution is 0.669. The van der Waals surface area contributed by atoms with Crippen LogP contribution in [0.4, 0.5) is 17.1 Å². The molecule has 67 heavy (non-hydrogen) atoms. The molecule has 0 aliphatic heterocycles. The first-order valence-corrected chi connectivity index (χ1v) is 22.9. The van der Waals surface area contributed by atoms with Crippen molar-refractivity contribution in [3.05, 3.63) is 255 Å². The lowest BCUT2D eigenvalue weighted by Crippen LogP contribution is -2.09. The van der Waals surface area contributed by atoms with Gasteiger partial charge < -0.3 is 13.9 Å². The molecule has 0 unspecified atom stereocenters. The standard InChI is InChI=1S/C64H42N2O/c1-2-12-55-48(10-1)11-9-16-56(55)49-22-20-43(21-23-49)44-24-33-51(34-25-44)65(53-37-30-47(31-38-53)50-32-41-60-59-15-5-8-19-63(59)67-64(60)42-50)52-35-26-45(27-36-52)46-28-39-54(40-29-46)66-61-17-6-3-13-57(61)58-14-4-7-18-62(58)66/h1-42H. The summed E-state index contributed by atoms with van der Waals surface area (Å²) in [6.07, 6.45) is 0. The quantitative estimate of drug-likeness (QED) is 0.152. The van der Waals surface area contributed by atoms with Crippen LogP contribution in [0.3, 0.4) is 0 Å². The van der Waals surface area contributed by atoms with E-state index in [9.17, 15) is 0 Å². The van der Waals surface area contributed by atoms with Gasteiger partial charge in [0.05, 0.1) is 11.0 Å². The van der Waals surface area contributed by atoms with Gasteiger partial charge in [0.15, 0.2) is 0 Å². The van der Waals surface area contributed by atoms with Crippen molar-refractivity contribution in [3.8, 4) is 50.2 Å². The molecule has 13 aromatic rings. The molecular formula is C64H42N2O. The Morgan fingerprint density at radius 3 is 1.30 bits per heavy atom. The van der Waals surface area contributed by atoms with Gasteiger partial charge in [0, 0.05) is 44.3 Å². The predicted molar refractivity (Wildman–Crippen MR) is 282 cm³/mol. The average molecular weight is 855 g/mol. The van der Waals surface area contributed by atoms with Gasteiger partial charge in [-0.2, -0.15) is 0 Å². The topological polar surface area (TPSA) is 21.3 Å². The predicted octanol–water partition coefficient (Wildman–Crippen LogP) is 18.0. The second kappa shape index (κ2) is 16.0. The minimum absolute atomic E-state index is 0.897. The first-order valence-electron chi connectivity index (χ1n) is 22.9. The summed E-state index contributed by atoms with van der Waals surface area (Å²) in [7, 11) is 0. The van der Waals surface area contributed by atoms with Gasteiger partial charge in [0.25, 0.3) is 0 Å². The van der Waals surface area contributed by atoms with E-state index in [4.69, 9.17) is 4.42 Å². The second-order valence-electron chi connectivity index (χ2n) is 17.3. The third-order valence-electron chi connectivity index (χ3n) is 13.4. The number of anilines is 3. The molecule has 0 amide bonds. The van der Waals surface area contributed by atoms with Crippen LogP contribution in [-0.4, -0.2) is 4.57 Å². The maximum absolute atomic E-state index is 6.26. The largest absolute Gasteiger partial charge is 0.456 e. The minimum Gasteiger partial charge on any atom is -0.456 e. The molecular weight excluding hydrogens is 813 g/mol. The highest BCUT2D eigenvalue weighted by Gasteiger charge is 2.16. The summed E-state index contributed by atoms with van der Waals surface area (Å²) >= 11 is 0. The van der Waals surface area contributed by atoms with Crippen LogP contribution < -0.4 is 4.90 Å². The zero-order valence-corrected chi connectivity index (χ0v) is 36.6. The van der Waals surface area contributed by atoms with Crippen molar-refractivity contribution in [2.24, 2.45) is 0 Å². The van der Waals surface area contributed by atoms with Crippen LogP contribution in [0.1, 0.15) is 0 Å². The van der Waals surface area contributed by atoms with Crippen molar-refractivity contribution < 1.29 is 4.42 Å². The van der Waals surface area contributed by atoms with Gasteiger partial charge in [-0.1, -0.05) is 176 Å². The molecule has 13 rings (SSSR count). The normalized spacial score (nSPS) is 11.6. The summed E-state index contributed by atoms with van der Waals surface area (Å²) in [5, 5.41) is 7.33. The number of benzene rings is 11. The van der Waals surface area contributed by atoms with E-state index >= 15 is 0 Å². The van der Waals surface area contributed by atoms with Gasteiger partial charge in [0.1, 0.15) is 11.2 Å². The van der Waals surface area contributed by atoms with Gasteiger partial charge in [-0.15, -0.1) is 0 Å². The molecule has 3 nitrogen and oxygen atoms in total. The van der Waals surface area contributed by atoms with Crippen molar-refractivity contribution >= 4 is 71.6 Å². The molecule has 0 atom stereocenters. The number of furan rings is 1. The highest BCUT2D eigenvalue weighted by molar-refractivity contribution is 6.09. The third-order valence-corrected chi connectivity index (χ3v) is 13.4. The van der Waals surface area contributed by atoms with E-state index in [-0.39, 0.29) is 0 Å². The minimum atomic E-state index is 0.897. The smallest absolute Gasteiger partial charge is 0.136 e. The van der Waals surface area contributed by atoms with E-state index in [1.54, 1.807) is 0 Å². The van der Waals surface area contributed by atoms with Crippen molar-refractivity contribution in [3.63, 3.8) is 0 Å². The summed E-state index contributed by atoms with van der Waals surface area (Å²) in [4.78, 5) is 2.34. The highest BCUT2D eigenvalue weighted by Crippen LogP contribution is 2.40. The van der Waals surface area contributed by atoms with Gasteiger partial charge in [-0.05, 0) is 134 Å². The van der Waals surface area contributed by atoms with Crippen LogP contribution in [0.25, 0.3) is 105 Å². The van der Waals surface area contributed by atoms with Crippen molar-refractivity contribution in [2.75, 3.05) is 4.90 Å². The van der Waals surface area contributed by atoms with E-state index < -0.39 is 0 Å². The van der Waals surface area contributed by atoms with Gasteiger partial charge in [-0.25, -0.2) is 0 Å². The highest BCUT2D eigenvalue weighted by atomic mass is 16.3. The molecule has 0 aliphatic carbocycles. The molecule has 0 aliphatic rings. The molecule has 0 N–H and O–H groups in total. The van der Waals surface area contributed by atoms with Gasteiger partial charge >= 0.3 is 0 Å². The molecule has 0 saturated heterocycles. The summed E-state index contributed by atoms with van der Waals surface area (Å²) in [5.41, 5.74) is 18.0. The Kier molecular flexibility index (Phi) is 9.17. The number of hydrogen-bond acceptors (Lipinski definition) is 2. The molecule has 0 spiro atoms. The summed E-state index contributed by atoms with van der Waals surface area (Å²) in [6, 6.07) is 91.9. The second-order valence-corrected chi connectivity index (χ2v) is 17.3. The summed E-state index contributed by atoms with van der Waals surface area (Å²) < 4.78 is 8.63. The van der Waals surface area contributed by atoms with E-state index in [1.165, 1.54) is 60.4 Å². The molecule has 2 aromatic heterocycles. The van der Waals surface area contributed by atoms with Crippen LogP contribution in [0, 0.1) is 0 Å². The molecule has 0 saturated carbocycles. The number of fused-ring (bicyclic) bond motifs is 7. The molecule has 314 valence electrons. The van der Waals surface area contributed by atoms with Crippen LogP contribution in [-0.2, 0) is 0 Å². The Balaban J connectivity index is 0.830. The molecule has 2 heterocycles. The Morgan fingerprint density at radius 2 is 0.701 bits per heavy atom. The molecule has 0 fully saturated rings. The fraction of sp³-hybridized carbons (Fsp3) is 0. The van der Waals surface area contributed by atoms with Crippen LogP contribution >= 0.6 is 0 Å². The Morgan fingerprint density at radius 1 is 0.284 bits per heavy atom. The summed E-state index contributed by atoms with van der Waals surface area (Å²) in [6.45, 7) is 0. The maximum Gasteiger partial charge on any atom is 0.136 e. The van der Waals surface area contributed by atoms with Crippen molar-refractivity contribution in [1.82, 2.24) is 4.57 Å². The molecule has 0 radical (unpaired) electrons. The van der Waals surface area contributed by atoms with E-state index in [0.717, 1.165) is 61.4 Å². The number of hydrogen-bond donors (Lipinski definition) is 0. The van der Waals surface area contributed by atoms with Crippen molar-refractivity contribution in [2.45, 2.75) is 0 Å². The zero-order valence-electron chi connectivity index (χ0n) is 36.6. The molecule has 3 heteroatoms. The molecule has 0 bridgehead atoms. The van der Waals surface area contributed by atoms with Crippen molar-refractivity contribution in [1.29, 1.82) is 0 Å². The SMILES string of the molecule is c1ccc2c(-c3ccc(-c4ccc(N(c5ccc(-c6ccc(-n7c8ccccc8c8ccccc87)cc6)cc5)c5ccc(-c6ccc7c(c6)oc6ccccc67)cc5)cc4)cc3)cccc2c1. The number of aromatic nitrogens is 1. The lowest BCUT2D eigenvalue weighted by atomic mass is 9.96. The van der Waals surface area contributed by atoms with E-state index in [1.807, 2.05) is 12.1 Å². The Hall–Kier alpha value is -8.92. The average Bonchev–Trinajstić information content (AvgIpc) is 3.95. The zero-order chi connectivity index (χ0) is 44.3. The van der Waals surface area contributed by atoms with E-state index in [2.05, 4.69) is 252 Å². The van der Waals surface area contributed by atoms with Gasteiger partial charge in [0.2, 0.25) is 0 Å². The fourth-order valence-corrected chi connectivity index (χ4v) is 10.1. The number of rotatable bonds is 8.